The van der Waals surface area contributed by atoms with Gasteiger partial charge in [-0.15, -0.1) is 0 Å². The Kier molecular flexibility index (Phi) is 8.20. The van der Waals surface area contributed by atoms with E-state index in [1.165, 1.54) is 37.7 Å². The lowest BCUT2D eigenvalue weighted by atomic mass is 9.84. The lowest BCUT2D eigenvalue weighted by molar-refractivity contribution is -0.120. The Bertz CT molecular complexity index is 1150. The molecule has 1 aliphatic carbocycles. The van der Waals surface area contributed by atoms with Crippen LogP contribution in [0.25, 0.3) is 0 Å². The van der Waals surface area contributed by atoms with Gasteiger partial charge in [-0.25, -0.2) is 4.79 Å². The SMILES string of the molecule is CC1=N[C@@H](CC(C)C)C(=O)N(Cc2ccc(C3CCCCC3)cc2)c2cc(C(=O)OC(C)(C)C)ccc21. The lowest BCUT2D eigenvalue weighted by Gasteiger charge is -2.27. The molecule has 5 heteroatoms. The molecule has 5 nitrogen and oxygen atoms in total. The highest BCUT2D eigenvalue weighted by atomic mass is 16.6. The number of anilines is 1. The summed E-state index contributed by atoms with van der Waals surface area (Å²) in [5.74, 6) is 0.563. The molecule has 2 aromatic rings. The van der Waals surface area contributed by atoms with Gasteiger partial charge >= 0.3 is 5.97 Å². The highest BCUT2D eigenvalue weighted by Gasteiger charge is 2.32. The summed E-state index contributed by atoms with van der Waals surface area (Å²) in [6.07, 6.45) is 7.16. The number of hydrogen-bond donors (Lipinski definition) is 0. The zero-order valence-corrected chi connectivity index (χ0v) is 23.3. The third kappa shape index (κ3) is 6.68. The molecule has 0 aromatic heterocycles. The molecule has 37 heavy (non-hydrogen) atoms. The van der Waals surface area contributed by atoms with Crippen molar-refractivity contribution in [3.05, 3.63) is 64.7 Å². The Morgan fingerprint density at radius 3 is 2.35 bits per heavy atom. The van der Waals surface area contributed by atoms with Crippen LogP contribution in [0.15, 0.2) is 47.5 Å². The van der Waals surface area contributed by atoms with Gasteiger partial charge < -0.3 is 9.64 Å². The number of esters is 1. The number of benzene rings is 2. The summed E-state index contributed by atoms with van der Waals surface area (Å²) >= 11 is 0. The zero-order chi connectivity index (χ0) is 26.7. The van der Waals surface area contributed by atoms with Gasteiger partial charge in [0, 0.05) is 11.3 Å². The molecule has 1 amide bonds. The van der Waals surface area contributed by atoms with Crippen LogP contribution in [-0.2, 0) is 16.1 Å². The van der Waals surface area contributed by atoms with Crippen LogP contribution in [0, 0.1) is 5.92 Å². The van der Waals surface area contributed by atoms with Crippen molar-refractivity contribution >= 4 is 23.3 Å². The lowest BCUT2D eigenvalue weighted by Crippen LogP contribution is -2.38. The Morgan fingerprint density at radius 1 is 1.05 bits per heavy atom. The van der Waals surface area contributed by atoms with Crippen LogP contribution in [0.3, 0.4) is 0 Å². The molecule has 2 aliphatic rings. The van der Waals surface area contributed by atoms with Gasteiger partial charge in [0.2, 0.25) is 0 Å². The Balaban J connectivity index is 1.69. The Morgan fingerprint density at radius 2 is 1.73 bits per heavy atom. The molecule has 0 N–H and O–H groups in total. The maximum Gasteiger partial charge on any atom is 0.338 e. The van der Waals surface area contributed by atoms with E-state index in [1.807, 2.05) is 38.7 Å². The van der Waals surface area contributed by atoms with Crippen LogP contribution >= 0.6 is 0 Å². The number of fused-ring (bicyclic) bond motifs is 1. The minimum atomic E-state index is -0.598. The number of carbonyl (C=O) groups is 2. The maximum atomic E-state index is 13.9. The Labute approximate surface area is 222 Å². The molecule has 0 radical (unpaired) electrons. The van der Waals surface area contributed by atoms with Crippen molar-refractivity contribution in [2.45, 2.75) is 104 Å². The van der Waals surface area contributed by atoms with Crippen molar-refractivity contribution in [3.63, 3.8) is 0 Å². The third-order valence-corrected chi connectivity index (χ3v) is 7.31. The maximum absolute atomic E-state index is 13.9. The van der Waals surface area contributed by atoms with Gasteiger partial charge in [0.15, 0.2) is 0 Å². The first-order valence-corrected chi connectivity index (χ1v) is 13.8. The van der Waals surface area contributed by atoms with Gasteiger partial charge in [0.1, 0.15) is 11.6 Å². The van der Waals surface area contributed by atoms with E-state index in [1.54, 1.807) is 12.1 Å². The number of rotatable bonds is 6. The number of hydrogen-bond acceptors (Lipinski definition) is 4. The normalized spacial score (nSPS) is 18.9. The van der Waals surface area contributed by atoms with Gasteiger partial charge in [-0.2, -0.15) is 0 Å². The van der Waals surface area contributed by atoms with E-state index in [2.05, 4.69) is 38.1 Å². The van der Waals surface area contributed by atoms with Gasteiger partial charge in [0.25, 0.3) is 5.91 Å². The molecule has 1 saturated carbocycles. The molecule has 0 bridgehead atoms. The minimum absolute atomic E-state index is 0.0236. The summed E-state index contributed by atoms with van der Waals surface area (Å²) in [6.45, 7) is 12.2. The molecular formula is C32H42N2O3. The van der Waals surface area contributed by atoms with Crippen LogP contribution in [0.5, 0.6) is 0 Å². The first-order valence-electron chi connectivity index (χ1n) is 13.8. The molecule has 0 unspecified atom stereocenters. The number of benzodiazepines with no additional fused rings is 1. The molecule has 1 aliphatic heterocycles. The summed E-state index contributed by atoms with van der Waals surface area (Å²) in [5.41, 5.74) is 4.73. The summed E-state index contributed by atoms with van der Waals surface area (Å²) in [4.78, 5) is 33.5. The second kappa shape index (κ2) is 11.2. The zero-order valence-electron chi connectivity index (χ0n) is 23.3. The van der Waals surface area contributed by atoms with E-state index in [0.717, 1.165) is 22.5 Å². The minimum Gasteiger partial charge on any atom is -0.456 e. The van der Waals surface area contributed by atoms with Crippen molar-refractivity contribution in [2.75, 3.05) is 4.90 Å². The molecule has 1 atom stereocenters. The van der Waals surface area contributed by atoms with Gasteiger partial charge in [-0.1, -0.05) is 63.4 Å². The smallest absolute Gasteiger partial charge is 0.338 e. The summed E-state index contributed by atoms with van der Waals surface area (Å²) in [7, 11) is 0. The van der Waals surface area contributed by atoms with E-state index in [0.29, 0.717) is 30.4 Å². The third-order valence-electron chi connectivity index (χ3n) is 7.31. The quantitative estimate of drug-likeness (QED) is 0.385. The van der Waals surface area contributed by atoms with E-state index in [4.69, 9.17) is 9.73 Å². The molecule has 2 aromatic carbocycles. The number of nitrogens with zero attached hydrogens (tertiary/aromatic N) is 2. The fourth-order valence-electron chi connectivity index (χ4n) is 5.46. The number of carbonyl (C=O) groups excluding carboxylic acids is 2. The van der Waals surface area contributed by atoms with Crippen molar-refractivity contribution in [3.8, 4) is 0 Å². The second-order valence-corrected chi connectivity index (χ2v) is 12.1. The van der Waals surface area contributed by atoms with Crippen molar-refractivity contribution in [1.82, 2.24) is 0 Å². The standard InChI is InChI=1S/C32H42N2O3/c1-21(2)18-28-30(35)34(20-23-12-14-25(15-13-23)24-10-8-7-9-11-24)29-19-26(31(36)37-32(4,5)6)16-17-27(29)22(3)33-28/h12-17,19,21,24,28H,7-11,18,20H2,1-6H3/t28-/m0/s1. The van der Waals surface area contributed by atoms with E-state index in [-0.39, 0.29) is 5.91 Å². The van der Waals surface area contributed by atoms with Crippen molar-refractivity contribution in [1.29, 1.82) is 0 Å². The van der Waals surface area contributed by atoms with Crippen molar-refractivity contribution < 1.29 is 14.3 Å². The first kappa shape index (κ1) is 27.1. The first-order chi connectivity index (χ1) is 17.5. The fraction of sp³-hybridized carbons (Fsp3) is 0.531. The predicted molar refractivity (Wildman–Crippen MR) is 151 cm³/mol. The summed E-state index contributed by atoms with van der Waals surface area (Å²) in [5, 5.41) is 0. The average Bonchev–Trinajstić information content (AvgIpc) is 2.94. The molecule has 4 rings (SSSR count). The number of ether oxygens (including phenoxy) is 1. The number of amides is 1. The van der Waals surface area contributed by atoms with E-state index in [9.17, 15) is 9.59 Å². The van der Waals surface area contributed by atoms with Crippen LogP contribution in [0.4, 0.5) is 5.69 Å². The highest BCUT2D eigenvalue weighted by molar-refractivity contribution is 6.12. The van der Waals surface area contributed by atoms with E-state index >= 15 is 0 Å². The van der Waals surface area contributed by atoms with Gasteiger partial charge in [0.05, 0.1) is 17.8 Å². The fourth-order valence-corrected chi connectivity index (χ4v) is 5.46. The predicted octanol–water partition coefficient (Wildman–Crippen LogP) is 7.46. The second-order valence-electron chi connectivity index (χ2n) is 12.1. The van der Waals surface area contributed by atoms with Crippen molar-refractivity contribution in [2.24, 2.45) is 10.9 Å². The summed E-state index contributed by atoms with van der Waals surface area (Å²) in [6, 6.07) is 13.8. The molecule has 198 valence electrons. The van der Waals surface area contributed by atoms with Crippen LogP contribution in [0.1, 0.15) is 113 Å². The number of aliphatic imine (C=N–C) groups is 1. The van der Waals surface area contributed by atoms with Crippen LogP contribution < -0.4 is 4.90 Å². The molecule has 0 saturated heterocycles. The monoisotopic (exact) mass is 502 g/mol. The van der Waals surface area contributed by atoms with E-state index < -0.39 is 17.6 Å². The topological polar surface area (TPSA) is 59.0 Å². The molecule has 0 spiro atoms. The molecular weight excluding hydrogens is 460 g/mol. The summed E-state index contributed by atoms with van der Waals surface area (Å²) < 4.78 is 5.63. The molecule has 1 heterocycles. The van der Waals surface area contributed by atoms with Gasteiger partial charge in [-0.05, 0) is 82.1 Å². The highest BCUT2D eigenvalue weighted by Crippen LogP contribution is 2.34. The van der Waals surface area contributed by atoms with Crippen LogP contribution in [-0.4, -0.2) is 29.2 Å². The average molecular weight is 503 g/mol. The molecule has 1 fully saturated rings. The Hall–Kier alpha value is -2.95. The van der Waals surface area contributed by atoms with Gasteiger partial charge in [-0.3, -0.25) is 9.79 Å². The largest absolute Gasteiger partial charge is 0.456 e. The van der Waals surface area contributed by atoms with Crippen LogP contribution in [0.2, 0.25) is 0 Å².